The average molecular weight is 477 g/mol. The van der Waals surface area contributed by atoms with Gasteiger partial charge in [-0.25, -0.2) is 0 Å². The Bertz CT molecular complexity index is 937. The number of halogens is 2. The first-order valence-electron chi connectivity index (χ1n) is 11.1. The Balaban J connectivity index is 1.79. The largest absolute Gasteiger partial charge is 0.371 e. The third kappa shape index (κ3) is 6.37. The van der Waals surface area contributed by atoms with Crippen molar-refractivity contribution in [2.75, 3.05) is 49.5 Å². The summed E-state index contributed by atoms with van der Waals surface area (Å²) in [6.07, 6.45) is 2.22. The van der Waals surface area contributed by atoms with Crippen LogP contribution in [0.1, 0.15) is 47.4 Å². The predicted molar refractivity (Wildman–Crippen MR) is 132 cm³/mol. The highest BCUT2D eigenvalue weighted by molar-refractivity contribution is 6.35. The minimum Gasteiger partial charge on any atom is -0.371 e. The number of rotatable bonds is 9. The SMILES string of the molecule is CCN(CC)CCNC(=O)c1cc(NC(=O)c2cc(Cl)cc(Cl)c2)ccc1N1CCCC1. The van der Waals surface area contributed by atoms with Crippen molar-refractivity contribution < 1.29 is 9.59 Å². The Kier molecular flexibility index (Phi) is 8.79. The van der Waals surface area contributed by atoms with Gasteiger partial charge in [-0.3, -0.25) is 9.59 Å². The van der Waals surface area contributed by atoms with Gasteiger partial charge >= 0.3 is 0 Å². The summed E-state index contributed by atoms with van der Waals surface area (Å²) in [6.45, 7) is 9.31. The van der Waals surface area contributed by atoms with Crippen LogP contribution in [0.4, 0.5) is 11.4 Å². The summed E-state index contributed by atoms with van der Waals surface area (Å²) in [5, 5.41) is 6.67. The lowest BCUT2D eigenvalue weighted by molar-refractivity contribution is 0.0948. The molecule has 1 aliphatic rings. The molecule has 6 nitrogen and oxygen atoms in total. The van der Waals surface area contributed by atoms with E-state index in [-0.39, 0.29) is 11.8 Å². The molecule has 1 fully saturated rings. The molecule has 2 aromatic carbocycles. The second-order valence-corrected chi connectivity index (χ2v) is 8.69. The lowest BCUT2D eigenvalue weighted by Crippen LogP contribution is -2.35. The van der Waals surface area contributed by atoms with Crippen molar-refractivity contribution >= 4 is 46.4 Å². The van der Waals surface area contributed by atoms with E-state index < -0.39 is 0 Å². The molecule has 1 aliphatic heterocycles. The predicted octanol–water partition coefficient (Wildman–Crippen LogP) is 4.92. The van der Waals surface area contributed by atoms with Crippen molar-refractivity contribution in [1.82, 2.24) is 10.2 Å². The van der Waals surface area contributed by atoms with Gasteiger partial charge < -0.3 is 20.4 Å². The molecule has 0 atom stereocenters. The van der Waals surface area contributed by atoms with E-state index in [0.717, 1.165) is 51.3 Å². The summed E-state index contributed by atoms with van der Waals surface area (Å²) < 4.78 is 0. The van der Waals surface area contributed by atoms with E-state index in [1.807, 2.05) is 12.1 Å². The number of nitrogens with zero attached hydrogens (tertiary/aromatic N) is 2. The highest BCUT2D eigenvalue weighted by Crippen LogP contribution is 2.28. The quantitative estimate of drug-likeness (QED) is 0.539. The van der Waals surface area contributed by atoms with E-state index in [2.05, 4.69) is 34.3 Å². The van der Waals surface area contributed by atoms with Crippen LogP contribution in [-0.2, 0) is 0 Å². The van der Waals surface area contributed by atoms with E-state index in [1.165, 1.54) is 0 Å². The average Bonchev–Trinajstić information content (AvgIpc) is 3.30. The number of amides is 2. The Hall–Kier alpha value is -2.28. The topological polar surface area (TPSA) is 64.7 Å². The minimum absolute atomic E-state index is 0.138. The molecule has 0 spiro atoms. The summed E-state index contributed by atoms with van der Waals surface area (Å²) in [4.78, 5) is 30.3. The summed E-state index contributed by atoms with van der Waals surface area (Å²) in [6, 6.07) is 10.2. The van der Waals surface area contributed by atoms with Crippen molar-refractivity contribution in [3.05, 3.63) is 57.6 Å². The van der Waals surface area contributed by atoms with E-state index in [4.69, 9.17) is 23.2 Å². The monoisotopic (exact) mass is 476 g/mol. The van der Waals surface area contributed by atoms with E-state index in [0.29, 0.717) is 33.4 Å². The molecular formula is C24H30Cl2N4O2. The molecule has 8 heteroatoms. The van der Waals surface area contributed by atoms with Crippen LogP contribution in [0.5, 0.6) is 0 Å². The van der Waals surface area contributed by atoms with Crippen LogP contribution in [0.2, 0.25) is 10.0 Å². The van der Waals surface area contributed by atoms with Gasteiger partial charge in [0.05, 0.1) is 5.56 Å². The van der Waals surface area contributed by atoms with Gasteiger partial charge in [-0.05, 0) is 62.3 Å². The molecule has 3 rings (SSSR count). The Labute approximate surface area is 199 Å². The number of hydrogen-bond acceptors (Lipinski definition) is 4. The summed E-state index contributed by atoms with van der Waals surface area (Å²) in [7, 11) is 0. The number of carbonyl (C=O) groups excluding carboxylic acids is 2. The summed E-state index contributed by atoms with van der Waals surface area (Å²) in [5.41, 5.74) is 2.36. The zero-order chi connectivity index (χ0) is 23.1. The van der Waals surface area contributed by atoms with Gasteiger partial charge in [0, 0.05) is 53.2 Å². The summed E-state index contributed by atoms with van der Waals surface area (Å²) in [5.74, 6) is -0.475. The van der Waals surface area contributed by atoms with Crippen molar-refractivity contribution in [2.45, 2.75) is 26.7 Å². The van der Waals surface area contributed by atoms with Crippen molar-refractivity contribution in [1.29, 1.82) is 0 Å². The molecule has 0 bridgehead atoms. The fraction of sp³-hybridized carbons (Fsp3) is 0.417. The lowest BCUT2D eigenvalue weighted by Gasteiger charge is -2.23. The molecule has 0 aromatic heterocycles. The van der Waals surface area contributed by atoms with E-state index in [9.17, 15) is 9.59 Å². The molecule has 172 valence electrons. The molecule has 1 heterocycles. The van der Waals surface area contributed by atoms with Crippen LogP contribution in [0.3, 0.4) is 0 Å². The van der Waals surface area contributed by atoms with Gasteiger partial charge in [-0.2, -0.15) is 0 Å². The number of hydrogen-bond donors (Lipinski definition) is 2. The van der Waals surface area contributed by atoms with Crippen molar-refractivity contribution in [3.8, 4) is 0 Å². The molecule has 32 heavy (non-hydrogen) atoms. The smallest absolute Gasteiger partial charge is 0.255 e. The fourth-order valence-corrected chi connectivity index (χ4v) is 4.41. The maximum Gasteiger partial charge on any atom is 0.255 e. The minimum atomic E-state index is -0.337. The Morgan fingerprint density at radius 1 is 0.969 bits per heavy atom. The van der Waals surface area contributed by atoms with Gasteiger partial charge in [0.15, 0.2) is 0 Å². The van der Waals surface area contributed by atoms with Crippen LogP contribution >= 0.6 is 23.2 Å². The highest BCUT2D eigenvalue weighted by atomic mass is 35.5. The second kappa shape index (κ2) is 11.5. The Morgan fingerprint density at radius 3 is 2.25 bits per heavy atom. The molecule has 2 N–H and O–H groups in total. The maximum absolute atomic E-state index is 13.1. The van der Waals surface area contributed by atoms with Crippen LogP contribution in [0.15, 0.2) is 36.4 Å². The molecule has 0 unspecified atom stereocenters. The number of carbonyl (C=O) groups is 2. The first-order valence-corrected chi connectivity index (χ1v) is 11.8. The normalized spacial score (nSPS) is 13.5. The van der Waals surface area contributed by atoms with Crippen LogP contribution < -0.4 is 15.5 Å². The lowest BCUT2D eigenvalue weighted by atomic mass is 10.1. The Morgan fingerprint density at radius 2 is 1.62 bits per heavy atom. The highest BCUT2D eigenvalue weighted by Gasteiger charge is 2.21. The number of anilines is 2. The zero-order valence-electron chi connectivity index (χ0n) is 18.6. The van der Waals surface area contributed by atoms with Crippen LogP contribution in [0.25, 0.3) is 0 Å². The van der Waals surface area contributed by atoms with Crippen molar-refractivity contribution in [3.63, 3.8) is 0 Å². The van der Waals surface area contributed by atoms with E-state index >= 15 is 0 Å². The first-order chi connectivity index (χ1) is 15.4. The molecule has 2 aromatic rings. The standard InChI is InChI=1S/C24H30Cl2N4O2/c1-3-29(4-2)12-9-27-24(32)21-16-20(7-8-22(21)30-10-5-6-11-30)28-23(31)17-13-18(25)15-19(26)14-17/h7-8,13-16H,3-6,9-12H2,1-2H3,(H,27,32)(H,28,31). The van der Waals surface area contributed by atoms with Crippen molar-refractivity contribution in [2.24, 2.45) is 0 Å². The molecule has 0 aliphatic carbocycles. The first kappa shape index (κ1) is 24.4. The van der Waals surface area contributed by atoms with Crippen LogP contribution in [-0.4, -0.2) is 56.0 Å². The number of benzene rings is 2. The number of nitrogens with one attached hydrogen (secondary N) is 2. The summed E-state index contributed by atoms with van der Waals surface area (Å²) >= 11 is 12.0. The van der Waals surface area contributed by atoms with Gasteiger partial charge in [0.1, 0.15) is 0 Å². The third-order valence-electron chi connectivity index (χ3n) is 5.68. The molecule has 0 saturated carbocycles. The van der Waals surface area contributed by atoms with E-state index in [1.54, 1.807) is 24.3 Å². The number of likely N-dealkylation sites (N-methyl/N-ethyl adjacent to an activating group) is 1. The molecule has 0 radical (unpaired) electrons. The van der Waals surface area contributed by atoms with Gasteiger partial charge in [0.25, 0.3) is 11.8 Å². The molecule has 2 amide bonds. The molecular weight excluding hydrogens is 447 g/mol. The third-order valence-corrected chi connectivity index (χ3v) is 6.11. The zero-order valence-corrected chi connectivity index (χ0v) is 20.1. The maximum atomic E-state index is 13.1. The fourth-order valence-electron chi connectivity index (χ4n) is 3.88. The van der Waals surface area contributed by atoms with Gasteiger partial charge in [0.2, 0.25) is 0 Å². The van der Waals surface area contributed by atoms with Gasteiger partial charge in [-0.1, -0.05) is 37.0 Å². The second-order valence-electron chi connectivity index (χ2n) is 7.82. The van der Waals surface area contributed by atoms with Gasteiger partial charge in [-0.15, -0.1) is 0 Å². The molecule has 1 saturated heterocycles. The van der Waals surface area contributed by atoms with Crippen LogP contribution in [0, 0.1) is 0 Å².